The summed E-state index contributed by atoms with van der Waals surface area (Å²) in [5.74, 6) is -4.67. The van der Waals surface area contributed by atoms with Gasteiger partial charge in [-0.1, -0.05) is 0 Å². The summed E-state index contributed by atoms with van der Waals surface area (Å²) in [6.45, 7) is -0.0500. The highest BCUT2D eigenvalue weighted by molar-refractivity contribution is 7.89. The molecule has 0 bridgehead atoms. The van der Waals surface area contributed by atoms with Crippen molar-refractivity contribution >= 4 is 26.9 Å². The Balaban J connectivity index is 1.43. The van der Waals surface area contributed by atoms with Crippen molar-refractivity contribution in [3.63, 3.8) is 0 Å². The SMILES string of the molecule is COc1ccc2c(CC(=O)N3CCN(S(=O)(=O)c4ccc(F)c(F)c4F)CC3)coc2c1. The number of amides is 1. The second-order valence-electron chi connectivity index (χ2n) is 7.26. The number of ether oxygens (including phenoxy) is 1. The maximum atomic E-state index is 14.0. The molecule has 4 rings (SSSR count). The number of furan rings is 1. The number of nitrogens with zero attached hydrogens (tertiary/aromatic N) is 2. The van der Waals surface area contributed by atoms with Gasteiger partial charge in [-0.05, 0) is 24.3 Å². The van der Waals surface area contributed by atoms with Crippen molar-refractivity contribution in [2.24, 2.45) is 0 Å². The molecule has 170 valence electrons. The maximum absolute atomic E-state index is 14.0. The van der Waals surface area contributed by atoms with Gasteiger partial charge >= 0.3 is 0 Å². The highest BCUT2D eigenvalue weighted by Crippen LogP contribution is 2.27. The van der Waals surface area contributed by atoms with E-state index >= 15 is 0 Å². The van der Waals surface area contributed by atoms with E-state index in [0.717, 1.165) is 9.69 Å². The molecule has 11 heteroatoms. The lowest BCUT2D eigenvalue weighted by Crippen LogP contribution is -2.51. The third-order valence-electron chi connectivity index (χ3n) is 5.41. The van der Waals surface area contributed by atoms with E-state index < -0.39 is 32.4 Å². The number of piperazine rings is 1. The molecule has 0 atom stereocenters. The zero-order valence-corrected chi connectivity index (χ0v) is 17.8. The molecule has 32 heavy (non-hydrogen) atoms. The number of sulfonamides is 1. The largest absolute Gasteiger partial charge is 0.497 e. The zero-order chi connectivity index (χ0) is 23.0. The molecule has 0 spiro atoms. The molecule has 0 N–H and O–H groups in total. The van der Waals surface area contributed by atoms with Crippen molar-refractivity contribution in [1.29, 1.82) is 0 Å². The monoisotopic (exact) mass is 468 g/mol. The molecule has 1 aliphatic heterocycles. The van der Waals surface area contributed by atoms with Gasteiger partial charge in [-0.25, -0.2) is 21.6 Å². The maximum Gasteiger partial charge on any atom is 0.246 e. The average molecular weight is 468 g/mol. The third kappa shape index (κ3) is 3.93. The summed E-state index contributed by atoms with van der Waals surface area (Å²) in [6.07, 6.45) is 1.55. The Kier molecular flexibility index (Phi) is 5.87. The molecule has 1 fully saturated rings. The van der Waals surface area contributed by atoms with Crippen LogP contribution in [-0.2, 0) is 21.2 Å². The second-order valence-corrected chi connectivity index (χ2v) is 9.16. The number of hydrogen-bond donors (Lipinski definition) is 0. The van der Waals surface area contributed by atoms with Gasteiger partial charge in [0, 0.05) is 43.2 Å². The first-order valence-corrected chi connectivity index (χ1v) is 11.1. The van der Waals surface area contributed by atoms with Crippen molar-refractivity contribution in [2.75, 3.05) is 33.3 Å². The van der Waals surface area contributed by atoms with Crippen LogP contribution < -0.4 is 4.74 Å². The van der Waals surface area contributed by atoms with Crippen molar-refractivity contribution in [3.8, 4) is 5.75 Å². The molecular formula is C21H19F3N2O5S. The predicted octanol–water partition coefficient (Wildman–Crippen LogP) is 2.93. The van der Waals surface area contributed by atoms with Gasteiger partial charge in [-0.3, -0.25) is 4.79 Å². The van der Waals surface area contributed by atoms with Gasteiger partial charge in [0.1, 0.15) is 16.2 Å². The minimum absolute atomic E-state index is 0.0594. The second kappa shape index (κ2) is 8.47. The molecule has 0 unspecified atom stereocenters. The summed E-state index contributed by atoms with van der Waals surface area (Å²) in [5.41, 5.74) is 1.27. The summed E-state index contributed by atoms with van der Waals surface area (Å²) in [6, 6.07) is 6.52. The van der Waals surface area contributed by atoms with Crippen LogP contribution in [0.1, 0.15) is 5.56 Å². The van der Waals surface area contributed by atoms with E-state index in [1.807, 2.05) is 0 Å². The topological polar surface area (TPSA) is 80.1 Å². The Morgan fingerprint density at radius 2 is 1.78 bits per heavy atom. The van der Waals surface area contributed by atoms with Crippen molar-refractivity contribution < 1.29 is 35.5 Å². The van der Waals surface area contributed by atoms with Crippen LogP contribution in [0, 0.1) is 17.5 Å². The van der Waals surface area contributed by atoms with Crippen LogP contribution in [0.5, 0.6) is 5.75 Å². The van der Waals surface area contributed by atoms with E-state index in [4.69, 9.17) is 9.15 Å². The van der Waals surface area contributed by atoms with Gasteiger partial charge in [-0.2, -0.15) is 4.31 Å². The number of carbonyl (C=O) groups is 1. The van der Waals surface area contributed by atoms with Gasteiger partial charge in [0.25, 0.3) is 0 Å². The van der Waals surface area contributed by atoms with Crippen molar-refractivity contribution in [2.45, 2.75) is 11.3 Å². The Morgan fingerprint density at radius 3 is 2.47 bits per heavy atom. The minimum Gasteiger partial charge on any atom is -0.497 e. The van der Waals surface area contributed by atoms with Crippen LogP contribution in [0.2, 0.25) is 0 Å². The molecule has 0 saturated carbocycles. The first-order valence-electron chi connectivity index (χ1n) is 9.68. The smallest absolute Gasteiger partial charge is 0.246 e. The molecule has 0 aliphatic carbocycles. The Hall–Kier alpha value is -3.05. The zero-order valence-electron chi connectivity index (χ0n) is 17.0. The number of hydrogen-bond acceptors (Lipinski definition) is 5. The first-order chi connectivity index (χ1) is 15.2. The lowest BCUT2D eigenvalue weighted by molar-refractivity contribution is -0.131. The summed E-state index contributed by atoms with van der Waals surface area (Å²) in [4.78, 5) is 13.3. The molecule has 1 amide bonds. The van der Waals surface area contributed by atoms with Crippen LogP contribution in [0.25, 0.3) is 11.0 Å². The molecule has 0 radical (unpaired) electrons. The summed E-state index contributed by atoms with van der Waals surface area (Å²) in [5, 5.41) is 0.772. The Morgan fingerprint density at radius 1 is 1.06 bits per heavy atom. The molecule has 3 aromatic rings. The van der Waals surface area contributed by atoms with E-state index in [1.54, 1.807) is 18.2 Å². The molecule has 1 aliphatic rings. The standard InChI is InChI=1S/C21H19F3N2O5S/c1-30-14-2-3-15-13(12-31-17(15)11-14)10-19(27)25-6-8-26(9-7-25)32(28,29)18-5-4-16(22)20(23)21(18)24/h2-5,11-12H,6-10H2,1H3. The minimum atomic E-state index is -4.38. The molecule has 7 nitrogen and oxygen atoms in total. The molecule has 1 saturated heterocycles. The van der Waals surface area contributed by atoms with Gasteiger partial charge in [0.05, 0.1) is 19.8 Å². The first kappa shape index (κ1) is 22.2. The van der Waals surface area contributed by atoms with Crippen LogP contribution in [-0.4, -0.2) is 56.8 Å². The fraction of sp³-hybridized carbons (Fsp3) is 0.286. The highest BCUT2D eigenvalue weighted by atomic mass is 32.2. The molecule has 2 heterocycles. The van der Waals surface area contributed by atoms with E-state index in [0.29, 0.717) is 29.0 Å². The van der Waals surface area contributed by atoms with Crippen molar-refractivity contribution in [1.82, 2.24) is 9.21 Å². The van der Waals surface area contributed by atoms with Crippen LogP contribution in [0.4, 0.5) is 13.2 Å². The fourth-order valence-corrected chi connectivity index (χ4v) is 5.10. The Labute approximate surface area is 182 Å². The van der Waals surface area contributed by atoms with Gasteiger partial charge in [0.2, 0.25) is 15.9 Å². The molecule has 1 aromatic heterocycles. The number of benzene rings is 2. The molecular weight excluding hydrogens is 449 g/mol. The van der Waals surface area contributed by atoms with Gasteiger partial charge < -0.3 is 14.1 Å². The number of methoxy groups -OCH3 is 1. The number of fused-ring (bicyclic) bond motifs is 1. The van der Waals surface area contributed by atoms with Crippen molar-refractivity contribution in [3.05, 3.63) is 59.6 Å². The quantitative estimate of drug-likeness (QED) is 0.538. The van der Waals surface area contributed by atoms with E-state index in [1.165, 1.54) is 18.3 Å². The van der Waals surface area contributed by atoms with E-state index in [-0.39, 0.29) is 38.5 Å². The normalized spacial score (nSPS) is 15.3. The molecule has 2 aromatic carbocycles. The summed E-state index contributed by atoms with van der Waals surface area (Å²) < 4.78 is 77.6. The average Bonchev–Trinajstić information content (AvgIpc) is 3.19. The fourth-order valence-electron chi connectivity index (χ4n) is 3.63. The summed E-state index contributed by atoms with van der Waals surface area (Å²) in [7, 11) is -2.84. The van der Waals surface area contributed by atoms with Crippen LogP contribution in [0.3, 0.4) is 0 Å². The van der Waals surface area contributed by atoms with Crippen LogP contribution in [0.15, 0.2) is 45.9 Å². The Bertz CT molecular complexity index is 1280. The number of rotatable bonds is 5. The van der Waals surface area contributed by atoms with Gasteiger partial charge in [0.15, 0.2) is 17.5 Å². The van der Waals surface area contributed by atoms with E-state index in [9.17, 15) is 26.4 Å². The summed E-state index contributed by atoms with van der Waals surface area (Å²) >= 11 is 0. The van der Waals surface area contributed by atoms with Gasteiger partial charge in [-0.15, -0.1) is 0 Å². The highest BCUT2D eigenvalue weighted by Gasteiger charge is 2.33. The lowest BCUT2D eigenvalue weighted by atomic mass is 10.1. The number of carbonyl (C=O) groups excluding carboxylic acids is 1. The third-order valence-corrected chi connectivity index (χ3v) is 7.33. The lowest BCUT2D eigenvalue weighted by Gasteiger charge is -2.34. The van der Waals surface area contributed by atoms with E-state index in [2.05, 4.69) is 0 Å². The number of halogens is 3. The van der Waals surface area contributed by atoms with Crippen LogP contribution >= 0.6 is 0 Å². The predicted molar refractivity (Wildman–Crippen MR) is 108 cm³/mol.